The van der Waals surface area contributed by atoms with Crippen LogP contribution in [-0.2, 0) is 16.2 Å². The molecular formula is C10H11F3N2O2S2. The van der Waals surface area contributed by atoms with Crippen molar-refractivity contribution in [3.63, 3.8) is 0 Å². The monoisotopic (exact) mass is 312 g/mol. The minimum atomic E-state index is -4.55. The largest absolute Gasteiger partial charge is 0.416 e. The highest BCUT2D eigenvalue weighted by Crippen LogP contribution is 2.30. The van der Waals surface area contributed by atoms with E-state index in [2.05, 4.69) is 12.2 Å². The number of thiocarbonyl (C=S) groups is 1. The lowest BCUT2D eigenvalue weighted by atomic mass is 10.2. The molecule has 0 aliphatic carbocycles. The van der Waals surface area contributed by atoms with Gasteiger partial charge < -0.3 is 5.73 Å². The van der Waals surface area contributed by atoms with Gasteiger partial charge in [0.25, 0.3) is 0 Å². The molecular weight excluding hydrogens is 301 g/mol. The zero-order valence-corrected chi connectivity index (χ0v) is 11.4. The molecule has 1 aromatic carbocycles. The highest BCUT2D eigenvalue weighted by molar-refractivity contribution is 7.95. The fraction of sp³-hybridized carbons (Fsp3) is 0.300. The van der Waals surface area contributed by atoms with E-state index in [4.69, 9.17) is 5.73 Å². The molecule has 1 aromatic rings. The Bertz CT molecular complexity index is 585. The molecule has 3 N–H and O–H groups in total. The third kappa shape index (κ3) is 4.06. The molecule has 1 unspecified atom stereocenters. The summed E-state index contributed by atoms with van der Waals surface area (Å²) in [6, 6.07) is 3.85. The van der Waals surface area contributed by atoms with Gasteiger partial charge in [0.1, 0.15) is 5.25 Å². The van der Waals surface area contributed by atoms with Gasteiger partial charge in [0.05, 0.1) is 10.6 Å². The molecule has 0 heterocycles. The smallest absolute Gasteiger partial charge is 0.392 e. The summed E-state index contributed by atoms with van der Waals surface area (Å²) in [5, 5.41) is -1.18. The summed E-state index contributed by atoms with van der Waals surface area (Å²) in [5.41, 5.74) is 4.06. The standard InChI is InChI=1S/C10H11F3N2O2S2/c1-6(9(14)18)19(16,17)15-8-4-2-3-7(5-8)10(11,12)13/h2-6,15H,1H3,(H2,14,18). The number of nitrogens with one attached hydrogen (secondary N) is 1. The number of hydrogen-bond donors (Lipinski definition) is 2. The van der Waals surface area contributed by atoms with Crippen LogP contribution < -0.4 is 10.5 Å². The van der Waals surface area contributed by atoms with Gasteiger partial charge in [-0.2, -0.15) is 13.2 Å². The second-order valence-corrected chi connectivity index (χ2v) is 6.24. The van der Waals surface area contributed by atoms with Gasteiger partial charge in [-0.05, 0) is 25.1 Å². The van der Waals surface area contributed by atoms with Gasteiger partial charge in [-0.1, -0.05) is 18.3 Å². The van der Waals surface area contributed by atoms with Crippen LogP contribution >= 0.6 is 12.2 Å². The van der Waals surface area contributed by atoms with Crippen LogP contribution in [0.5, 0.6) is 0 Å². The van der Waals surface area contributed by atoms with Crippen molar-refractivity contribution in [2.75, 3.05) is 4.72 Å². The van der Waals surface area contributed by atoms with E-state index in [-0.39, 0.29) is 10.7 Å². The summed E-state index contributed by atoms with van der Waals surface area (Å²) >= 11 is 4.55. The normalized spacial score (nSPS) is 13.9. The Morgan fingerprint density at radius 3 is 2.47 bits per heavy atom. The van der Waals surface area contributed by atoms with Gasteiger partial charge in [0, 0.05) is 5.69 Å². The second-order valence-electron chi connectivity index (χ2n) is 3.77. The molecule has 0 fully saturated rings. The minimum Gasteiger partial charge on any atom is -0.392 e. The molecule has 0 saturated carbocycles. The van der Waals surface area contributed by atoms with Crippen molar-refractivity contribution in [1.82, 2.24) is 0 Å². The van der Waals surface area contributed by atoms with Gasteiger partial charge in [-0.15, -0.1) is 0 Å². The molecule has 0 bridgehead atoms. The maximum Gasteiger partial charge on any atom is 0.416 e. The predicted molar refractivity (Wildman–Crippen MR) is 70.2 cm³/mol. The first-order valence-corrected chi connectivity index (χ1v) is 6.97. The van der Waals surface area contributed by atoms with Crippen molar-refractivity contribution < 1.29 is 21.6 Å². The van der Waals surface area contributed by atoms with Crippen LogP contribution in [0, 0.1) is 0 Å². The topological polar surface area (TPSA) is 72.2 Å². The number of alkyl halides is 3. The lowest BCUT2D eigenvalue weighted by Gasteiger charge is -2.14. The third-order valence-corrected chi connectivity index (χ3v) is 4.52. The van der Waals surface area contributed by atoms with E-state index in [1.165, 1.54) is 13.0 Å². The first-order chi connectivity index (χ1) is 8.54. The molecule has 0 amide bonds. The molecule has 1 atom stereocenters. The molecule has 4 nitrogen and oxygen atoms in total. The Balaban J connectivity index is 3.05. The number of halogens is 3. The van der Waals surface area contributed by atoms with Crippen LogP contribution in [0.2, 0.25) is 0 Å². The fourth-order valence-electron chi connectivity index (χ4n) is 1.16. The van der Waals surface area contributed by atoms with Crippen molar-refractivity contribution >= 4 is 32.9 Å². The van der Waals surface area contributed by atoms with E-state index in [1.807, 2.05) is 4.72 Å². The zero-order valence-electron chi connectivity index (χ0n) is 9.73. The van der Waals surface area contributed by atoms with Gasteiger partial charge in [-0.25, -0.2) is 8.42 Å². The molecule has 0 aliphatic heterocycles. The first-order valence-electron chi connectivity index (χ1n) is 5.02. The molecule has 1 rings (SSSR count). The lowest BCUT2D eigenvalue weighted by molar-refractivity contribution is -0.137. The summed E-state index contributed by atoms with van der Waals surface area (Å²) in [4.78, 5) is -0.264. The van der Waals surface area contributed by atoms with E-state index < -0.39 is 27.0 Å². The highest BCUT2D eigenvalue weighted by atomic mass is 32.2. The summed E-state index contributed by atoms with van der Waals surface area (Å²) < 4.78 is 62.9. The Kier molecular flexibility index (Phi) is 4.41. The van der Waals surface area contributed by atoms with Crippen LogP contribution in [0.4, 0.5) is 18.9 Å². The van der Waals surface area contributed by atoms with Crippen LogP contribution in [0.25, 0.3) is 0 Å². The van der Waals surface area contributed by atoms with Gasteiger partial charge in [-0.3, -0.25) is 4.72 Å². The van der Waals surface area contributed by atoms with Crippen molar-refractivity contribution in [3.05, 3.63) is 29.8 Å². The maximum absolute atomic E-state index is 12.5. The molecule has 0 aromatic heterocycles. The molecule has 0 radical (unpaired) electrons. The Morgan fingerprint density at radius 1 is 1.42 bits per heavy atom. The summed E-state index contributed by atoms with van der Waals surface area (Å²) in [6.07, 6.45) is -4.55. The highest BCUT2D eigenvalue weighted by Gasteiger charge is 2.31. The quantitative estimate of drug-likeness (QED) is 0.835. The Morgan fingerprint density at radius 2 is 2.00 bits per heavy atom. The van der Waals surface area contributed by atoms with Crippen molar-refractivity contribution in [2.45, 2.75) is 18.3 Å². The van der Waals surface area contributed by atoms with Gasteiger partial charge in [0.15, 0.2) is 0 Å². The van der Waals surface area contributed by atoms with Crippen molar-refractivity contribution in [2.24, 2.45) is 5.73 Å². The van der Waals surface area contributed by atoms with Crippen LogP contribution in [-0.4, -0.2) is 18.7 Å². The lowest BCUT2D eigenvalue weighted by Crippen LogP contribution is -2.35. The molecule has 0 spiro atoms. The Hall–Kier alpha value is -1.35. The summed E-state index contributed by atoms with van der Waals surface area (Å²) in [7, 11) is -3.96. The number of sulfonamides is 1. The number of hydrogen-bond acceptors (Lipinski definition) is 3. The van der Waals surface area contributed by atoms with Crippen molar-refractivity contribution in [3.8, 4) is 0 Å². The van der Waals surface area contributed by atoms with Crippen LogP contribution in [0.15, 0.2) is 24.3 Å². The zero-order chi connectivity index (χ0) is 14.8. The molecule has 0 aliphatic rings. The van der Waals surface area contributed by atoms with Crippen molar-refractivity contribution in [1.29, 1.82) is 0 Å². The van der Waals surface area contributed by atoms with Crippen LogP contribution in [0.1, 0.15) is 12.5 Å². The second kappa shape index (κ2) is 5.33. The number of anilines is 1. The number of benzene rings is 1. The summed E-state index contributed by atoms with van der Waals surface area (Å²) in [5.74, 6) is 0. The minimum absolute atomic E-state index is 0.196. The third-order valence-electron chi connectivity index (χ3n) is 2.32. The van der Waals surface area contributed by atoms with E-state index in [0.29, 0.717) is 6.07 Å². The van der Waals surface area contributed by atoms with Gasteiger partial charge in [0.2, 0.25) is 10.0 Å². The van der Waals surface area contributed by atoms with E-state index >= 15 is 0 Å². The Labute approximate surface area is 113 Å². The predicted octanol–water partition coefficient (Wildman–Crippen LogP) is 2.12. The molecule has 9 heteroatoms. The van der Waals surface area contributed by atoms with E-state index in [0.717, 1.165) is 12.1 Å². The first kappa shape index (κ1) is 15.7. The van der Waals surface area contributed by atoms with Gasteiger partial charge >= 0.3 is 6.18 Å². The SMILES string of the molecule is CC(C(N)=S)S(=O)(=O)Nc1cccc(C(F)(F)F)c1. The molecule has 19 heavy (non-hydrogen) atoms. The van der Waals surface area contributed by atoms with E-state index in [9.17, 15) is 21.6 Å². The fourth-order valence-corrected chi connectivity index (χ4v) is 2.48. The summed E-state index contributed by atoms with van der Waals surface area (Å²) in [6.45, 7) is 1.25. The average Bonchev–Trinajstić information content (AvgIpc) is 2.26. The molecule has 106 valence electrons. The maximum atomic E-state index is 12.5. The number of nitrogens with two attached hydrogens (primary N) is 1. The van der Waals surface area contributed by atoms with E-state index in [1.54, 1.807) is 0 Å². The van der Waals surface area contributed by atoms with Crippen LogP contribution in [0.3, 0.4) is 0 Å². The number of rotatable bonds is 4. The average molecular weight is 312 g/mol. The molecule has 0 saturated heterocycles.